The van der Waals surface area contributed by atoms with Crippen molar-refractivity contribution < 1.29 is 50.2 Å². The third-order valence-corrected chi connectivity index (χ3v) is 9.44. The third-order valence-electron chi connectivity index (χ3n) is 7.96. The molecule has 45 heavy (non-hydrogen) atoms. The smallest absolute Gasteiger partial charge is 0.496 e. The minimum absolute atomic E-state index is 0.0337. The molecule has 5 rings (SSSR count). The number of methoxy groups -OCH3 is 1. The molecule has 14 heteroatoms. The maximum Gasteiger partial charge on any atom is 0.501 e. The van der Waals surface area contributed by atoms with Gasteiger partial charge in [-0.15, -0.1) is 0 Å². The minimum atomic E-state index is -5.65. The molecule has 2 amide bonds. The molecule has 2 aliphatic rings. The number of carboxylic acid groups (broad SMARTS) is 1. The molecule has 0 aromatic heterocycles. The van der Waals surface area contributed by atoms with Crippen LogP contribution < -0.4 is 15.4 Å². The van der Waals surface area contributed by atoms with E-state index in [1.54, 1.807) is 18.2 Å². The molecule has 0 aliphatic heterocycles. The summed E-state index contributed by atoms with van der Waals surface area (Å²) in [6, 6.07) is 11.6. The number of nitrogens with one attached hydrogen (secondary N) is 2. The Balaban J connectivity index is 1.42. The number of fused-ring (bicyclic) bond motifs is 2. The number of sulfone groups is 1. The minimum Gasteiger partial charge on any atom is -0.496 e. The molecular weight excluding hydrogens is 620 g/mol. The Morgan fingerprint density at radius 3 is 2.38 bits per heavy atom. The van der Waals surface area contributed by atoms with Gasteiger partial charge in [0, 0.05) is 23.4 Å². The van der Waals surface area contributed by atoms with Gasteiger partial charge in [0.15, 0.2) is 0 Å². The average Bonchev–Trinajstić information content (AvgIpc) is 3.59. The summed E-state index contributed by atoms with van der Waals surface area (Å²) in [6.07, 6.45) is 3.76. The van der Waals surface area contributed by atoms with Gasteiger partial charge in [0.25, 0.3) is 15.7 Å². The highest BCUT2D eigenvalue weighted by Gasteiger charge is 2.49. The van der Waals surface area contributed by atoms with Gasteiger partial charge in [0.1, 0.15) is 11.6 Å². The molecule has 0 saturated heterocycles. The predicted octanol–water partition coefficient (Wildman–Crippen LogP) is 4.98. The number of hydrogen-bond acceptors (Lipinski definition) is 6. The molecular formula is C31H26F4N2O7S. The highest BCUT2D eigenvalue weighted by molar-refractivity contribution is 7.92. The summed E-state index contributed by atoms with van der Waals surface area (Å²) in [6.45, 7) is 0. The maximum absolute atomic E-state index is 15.2. The van der Waals surface area contributed by atoms with Gasteiger partial charge in [0.05, 0.1) is 29.9 Å². The lowest BCUT2D eigenvalue weighted by atomic mass is 9.87. The topological polar surface area (TPSA) is 139 Å². The first kappa shape index (κ1) is 31.7. The second kappa shape index (κ2) is 12.0. The van der Waals surface area contributed by atoms with Crippen molar-refractivity contribution in [2.45, 2.75) is 29.3 Å². The van der Waals surface area contributed by atoms with Gasteiger partial charge < -0.3 is 20.5 Å². The van der Waals surface area contributed by atoms with Gasteiger partial charge in [-0.2, -0.15) is 13.2 Å². The number of aliphatic carboxylic acids is 1. The number of ether oxygens (including phenoxy) is 1. The fourth-order valence-corrected chi connectivity index (χ4v) is 6.72. The SMILES string of the molecule is COc1cc(F)c(-c2ccccc2CC(=O)O)cc1C(=O)N[C@@H]1[C@H](C(=O)Nc2cccc(S(=O)(=O)C(F)(F)F)c2)[C@H]2C=C[C@@H]1C2. The number of carbonyl (C=O) groups excluding carboxylic acids is 2. The summed E-state index contributed by atoms with van der Waals surface area (Å²) >= 11 is 0. The van der Waals surface area contributed by atoms with Crippen molar-refractivity contribution in [2.24, 2.45) is 17.8 Å². The first-order chi connectivity index (χ1) is 21.2. The Morgan fingerprint density at radius 2 is 1.69 bits per heavy atom. The molecule has 236 valence electrons. The van der Waals surface area contributed by atoms with Gasteiger partial charge in [-0.25, -0.2) is 12.8 Å². The molecule has 0 unspecified atom stereocenters. The summed E-state index contributed by atoms with van der Waals surface area (Å²) in [5.41, 5.74) is -5.22. The zero-order chi connectivity index (χ0) is 32.7. The van der Waals surface area contributed by atoms with E-state index >= 15 is 4.39 Å². The van der Waals surface area contributed by atoms with E-state index in [9.17, 15) is 41.1 Å². The van der Waals surface area contributed by atoms with E-state index in [-0.39, 0.29) is 46.4 Å². The van der Waals surface area contributed by atoms with E-state index in [1.165, 1.54) is 31.4 Å². The predicted molar refractivity (Wildman–Crippen MR) is 154 cm³/mol. The third kappa shape index (κ3) is 6.14. The van der Waals surface area contributed by atoms with Gasteiger partial charge in [-0.1, -0.05) is 42.5 Å². The van der Waals surface area contributed by atoms with Crippen LogP contribution in [-0.2, 0) is 25.8 Å². The number of rotatable bonds is 9. The summed E-state index contributed by atoms with van der Waals surface area (Å²) in [7, 11) is -4.41. The van der Waals surface area contributed by atoms with Crippen LogP contribution in [0.2, 0.25) is 0 Å². The van der Waals surface area contributed by atoms with Crippen molar-refractivity contribution >= 4 is 33.3 Å². The number of benzene rings is 3. The molecule has 1 fully saturated rings. The number of anilines is 1. The van der Waals surface area contributed by atoms with E-state index in [2.05, 4.69) is 10.6 Å². The molecule has 4 atom stereocenters. The molecule has 0 radical (unpaired) electrons. The molecule has 2 bridgehead atoms. The summed E-state index contributed by atoms with van der Waals surface area (Å²) in [4.78, 5) is 37.4. The quantitative estimate of drug-likeness (QED) is 0.220. The number of hydrogen-bond donors (Lipinski definition) is 3. The lowest BCUT2D eigenvalue weighted by molar-refractivity contribution is -0.136. The Morgan fingerprint density at radius 1 is 0.978 bits per heavy atom. The fourth-order valence-electron chi connectivity index (χ4n) is 5.91. The molecule has 1 saturated carbocycles. The lowest BCUT2D eigenvalue weighted by Crippen LogP contribution is -2.47. The van der Waals surface area contributed by atoms with Gasteiger partial charge >= 0.3 is 11.5 Å². The number of amides is 2. The normalized spacial score (nSPS) is 20.6. The van der Waals surface area contributed by atoms with Crippen molar-refractivity contribution in [1.29, 1.82) is 0 Å². The first-order valence-electron chi connectivity index (χ1n) is 13.6. The summed E-state index contributed by atoms with van der Waals surface area (Å²) in [5.74, 6) is -4.79. The van der Waals surface area contributed by atoms with E-state index < -0.39 is 55.8 Å². The highest BCUT2D eigenvalue weighted by atomic mass is 32.2. The van der Waals surface area contributed by atoms with Crippen LogP contribution in [0.3, 0.4) is 0 Å². The van der Waals surface area contributed by atoms with Crippen molar-refractivity contribution in [2.75, 3.05) is 12.4 Å². The van der Waals surface area contributed by atoms with Crippen molar-refractivity contribution in [3.63, 3.8) is 0 Å². The van der Waals surface area contributed by atoms with Crippen LogP contribution in [0.5, 0.6) is 5.75 Å². The standard InChI is InChI=1S/C31H26F4N2O7S/c1-44-25-15-24(32)22(21-8-3-2-5-16(21)12-26(38)39)14-23(25)29(40)37-28-18-10-9-17(11-18)27(28)30(41)36-19-6-4-7-20(13-19)45(42,43)31(33,34)35/h2-10,13-15,17-18,27-28H,11-12H2,1H3,(H,36,41)(H,37,40)(H,38,39)/t17-,18+,27+,28-/m0/s1. The maximum atomic E-state index is 15.2. The Hall–Kier alpha value is -4.72. The van der Waals surface area contributed by atoms with E-state index in [1.807, 2.05) is 6.08 Å². The first-order valence-corrected chi connectivity index (χ1v) is 15.1. The average molecular weight is 647 g/mol. The van der Waals surface area contributed by atoms with Gasteiger partial charge in [0.2, 0.25) is 5.91 Å². The van der Waals surface area contributed by atoms with Crippen molar-refractivity contribution in [3.8, 4) is 16.9 Å². The van der Waals surface area contributed by atoms with Crippen LogP contribution in [0.25, 0.3) is 11.1 Å². The Labute approximate surface area is 254 Å². The lowest BCUT2D eigenvalue weighted by Gasteiger charge is -2.28. The molecule has 2 aliphatic carbocycles. The van der Waals surface area contributed by atoms with Crippen LogP contribution in [0.1, 0.15) is 22.3 Å². The van der Waals surface area contributed by atoms with Crippen molar-refractivity contribution in [3.05, 3.63) is 89.8 Å². The largest absolute Gasteiger partial charge is 0.501 e. The molecule has 0 spiro atoms. The molecule has 3 aromatic carbocycles. The van der Waals surface area contributed by atoms with Crippen LogP contribution in [0.15, 0.2) is 77.7 Å². The number of carbonyl (C=O) groups is 3. The zero-order valence-corrected chi connectivity index (χ0v) is 24.3. The molecule has 9 nitrogen and oxygen atoms in total. The monoisotopic (exact) mass is 646 g/mol. The second-order valence-electron chi connectivity index (χ2n) is 10.7. The van der Waals surface area contributed by atoms with Crippen LogP contribution >= 0.6 is 0 Å². The fraction of sp³-hybridized carbons (Fsp3) is 0.258. The summed E-state index contributed by atoms with van der Waals surface area (Å²) < 4.78 is 83.4. The Bertz CT molecular complexity index is 1820. The van der Waals surface area contributed by atoms with E-state index in [0.29, 0.717) is 18.1 Å². The van der Waals surface area contributed by atoms with Crippen LogP contribution in [0, 0.1) is 23.6 Å². The Kier molecular flexibility index (Phi) is 8.45. The van der Waals surface area contributed by atoms with Gasteiger partial charge in [-0.3, -0.25) is 14.4 Å². The number of alkyl halides is 3. The van der Waals surface area contributed by atoms with Crippen LogP contribution in [0.4, 0.5) is 23.2 Å². The number of carboxylic acids is 1. The van der Waals surface area contributed by atoms with Crippen LogP contribution in [-0.4, -0.2) is 50.0 Å². The molecule has 3 aromatic rings. The second-order valence-corrected chi connectivity index (χ2v) is 12.6. The zero-order valence-electron chi connectivity index (χ0n) is 23.5. The van der Waals surface area contributed by atoms with Gasteiger partial charge in [-0.05, 0) is 53.6 Å². The van der Waals surface area contributed by atoms with E-state index in [4.69, 9.17) is 4.74 Å². The number of halogens is 4. The van der Waals surface area contributed by atoms with Crippen molar-refractivity contribution in [1.82, 2.24) is 5.32 Å². The highest BCUT2D eigenvalue weighted by Crippen LogP contribution is 2.45. The molecule has 0 heterocycles. The summed E-state index contributed by atoms with van der Waals surface area (Å²) in [5, 5.41) is 14.6. The molecule has 3 N–H and O–H groups in total. The van der Waals surface area contributed by atoms with E-state index in [0.717, 1.165) is 18.2 Å². The number of allylic oxidation sites excluding steroid dienone is 1.